The predicted molar refractivity (Wildman–Crippen MR) is 87.7 cm³/mol. The molecule has 1 rings (SSSR count). The quantitative estimate of drug-likeness (QED) is 0.458. The summed E-state index contributed by atoms with van der Waals surface area (Å²) >= 11 is 0. The lowest BCUT2D eigenvalue weighted by molar-refractivity contribution is -0.186. The molecule has 0 aliphatic carbocycles. The Morgan fingerprint density at radius 3 is 2.62 bits per heavy atom. The van der Waals surface area contributed by atoms with Gasteiger partial charge in [-0.1, -0.05) is 26.8 Å². The molecule has 0 spiro atoms. The number of hydrogen-bond donors (Lipinski definition) is 1. The first kappa shape index (κ1) is 18.4. The Hall–Kier alpha value is -0.653. The van der Waals surface area contributed by atoms with Gasteiger partial charge < -0.3 is 4.43 Å². The molecular formula is C16H31NO3Si. The molecule has 0 radical (unpaired) electrons. The van der Waals surface area contributed by atoms with E-state index in [1.807, 2.05) is 0 Å². The first-order valence-corrected chi connectivity index (χ1v) is 10.7. The second-order valence-electron chi connectivity index (χ2n) is 7.66. The van der Waals surface area contributed by atoms with Crippen LogP contribution in [0.3, 0.4) is 0 Å². The van der Waals surface area contributed by atoms with Gasteiger partial charge in [0.25, 0.3) is 5.91 Å². The molecule has 1 atom stereocenters. The topological polar surface area (TPSA) is 49.8 Å². The van der Waals surface area contributed by atoms with Crippen molar-refractivity contribution in [2.24, 2.45) is 5.41 Å². The molecule has 0 saturated carbocycles. The van der Waals surface area contributed by atoms with Crippen LogP contribution in [0.2, 0.25) is 18.1 Å². The van der Waals surface area contributed by atoms with E-state index in [-0.39, 0.29) is 10.9 Å². The second kappa shape index (κ2) is 6.63. The number of carbonyl (C=O) groups is 1. The van der Waals surface area contributed by atoms with Crippen molar-refractivity contribution in [2.75, 3.05) is 13.2 Å². The summed E-state index contributed by atoms with van der Waals surface area (Å²) in [6, 6.07) is 0. The zero-order chi connectivity index (χ0) is 16.3. The average Bonchev–Trinajstić information content (AvgIpc) is 2.34. The number of hydroxylamine groups is 2. The van der Waals surface area contributed by atoms with Crippen LogP contribution in [0, 0.1) is 5.41 Å². The van der Waals surface area contributed by atoms with Gasteiger partial charge in [0.1, 0.15) is 0 Å². The van der Waals surface area contributed by atoms with E-state index < -0.39 is 13.7 Å². The van der Waals surface area contributed by atoms with Gasteiger partial charge in [0.05, 0.1) is 5.41 Å². The molecular weight excluding hydrogens is 282 g/mol. The maximum absolute atomic E-state index is 12.4. The lowest BCUT2D eigenvalue weighted by atomic mass is 9.74. The van der Waals surface area contributed by atoms with Crippen LogP contribution in [-0.4, -0.2) is 37.6 Å². The van der Waals surface area contributed by atoms with Crippen molar-refractivity contribution in [1.29, 1.82) is 0 Å². The number of hydrogen-bond acceptors (Lipinski definition) is 3. The van der Waals surface area contributed by atoms with E-state index in [2.05, 4.69) is 40.4 Å². The second-order valence-corrected chi connectivity index (χ2v) is 12.5. The molecule has 122 valence electrons. The Kier molecular flexibility index (Phi) is 5.81. The molecule has 4 nitrogen and oxygen atoms in total. The molecule has 0 aromatic carbocycles. The highest BCUT2D eigenvalue weighted by Crippen LogP contribution is 2.40. The highest BCUT2D eigenvalue weighted by Gasteiger charge is 2.43. The number of allylic oxidation sites excluding steroid dienone is 1. The molecule has 5 heteroatoms. The largest absolute Gasteiger partial charge is 0.417 e. The van der Waals surface area contributed by atoms with E-state index in [0.29, 0.717) is 26.0 Å². The minimum atomic E-state index is -1.80. The Morgan fingerprint density at radius 2 is 2.10 bits per heavy atom. The van der Waals surface area contributed by atoms with E-state index >= 15 is 0 Å². The van der Waals surface area contributed by atoms with Crippen molar-refractivity contribution in [1.82, 2.24) is 5.06 Å². The van der Waals surface area contributed by atoms with Crippen molar-refractivity contribution in [3.63, 3.8) is 0 Å². The molecule has 1 fully saturated rings. The molecule has 1 saturated heterocycles. The predicted octanol–water partition coefficient (Wildman–Crippen LogP) is 3.97. The van der Waals surface area contributed by atoms with Gasteiger partial charge in [-0.25, -0.2) is 5.06 Å². The lowest BCUT2D eigenvalue weighted by Gasteiger charge is -2.40. The van der Waals surface area contributed by atoms with Crippen molar-refractivity contribution in [3.05, 3.63) is 12.7 Å². The van der Waals surface area contributed by atoms with Crippen LogP contribution in [0.1, 0.15) is 46.5 Å². The first-order valence-electron chi connectivity index (χ1n) is 7.81. The summed E-state index contributed by atoms with van der Waals surface area (Å²) in [6.45, 7) is 15.8. The van der Waals surface area contributed by atoms with E-state index in [1.165, 1.54) is 0 Å². The van der Waals surface area contributed by atoms with Gasteiger partial charge in [-0.3, -0.25) is 10.0 Å². The van der Waals surface area contributed by atoms with Gasteiger partial charge in [-0.05, 0) is 43.8 Å². The van der Waals surface area contributed by atoms with Crippen molar-refractivity contribution in [3.8, 4) is 0 Å². The van der Waals surface area contributed by atoms with Crippen LogP contribution in [0.4, 0.5) is 0 Å². The zero-order valence-electron chi connectivity index (χ0n) is 14.2. The van der Waals surface area contributed by atoms with Crippen LogP contribution in [0.25, 0.3) is 0 Å². The fourth-order valence-corrected chi connectivity index (χ4v) is 3.61. The molecule has 1 N–H and O–H groups in total. The number of carbonyl (C=O) groups excluding carboxylic acids is 1. The molecule has 1 aliphatic heterocycles. The van der Waals surface area contributed by atoms with Gasteiger partial charge >= 0.3 is 0 Å². The standard InChI is InChI=1S/C16H31NO3Si/c1-7-9-16(10-8-12-17(19)14(16)18)11-13-20-21(5,6)15(2,3)4/h7,19H,1,8-13H2,2-6H3. The summed E-state index contributed by atoms with van der Waals surface area (Å²) in [4.78, 5) is 12.4. The Labute approximate surface area is 130 Å². The summed E-state index contributed by atoms with van der Waals surface area (Å²) in [5, 5.41) is 10.8. The molecule has 1 unspecified atom stereocenters. The summed E-state index contributed by atoms with van der Waals surface area (Å²) in [5.41, 5.74) is -0.531. The molecule has 21 heavy (non-hydrogen) atoms. The van der Waals surface area contributed by atoms with E-state index in [1.54, 1.807) is 6.08 Å². The third-order valence-corrected chi connectivity index (χ3v) is 9.64. The molecule has 1 amide bonds. The Balaban J connectivity index is 2.72. The van der Waals surface area contributed by atoms with Crippen LogP contribution < -0.4 is 0 Å². The minimum absolute atomic E-state index is 0.165. The van der Waals surface area contributed by atoms with Crippen molar-refractivity contribution < 1.29 is 14.4 Å². The molecule has 1 aliphatic rings. The van der Waals surface area contributed by atoms with E-state index in [0.717, 1.165) is 17.9 Å². The summed E-state index contributed by atoms with van der Waals surface area (Å²) in [7, 11) is -1.80. The average molecular weight is 314 g/mol. The fourth-order valence-electron chi connectivity index (χ4n) is 2.57. The number of amides is 1. The van der Waals surface area contributed by atoms with Gasteiger partial charge in [0.2, 0.25) is 0 Å². The van der Waals surface area contributed by atoms with Gasteiger partial charge in [0, 0.05) is 13.2 Å². The Morgan fingerprint density at radius 1 is 1.48 bits per heavy atom. The van der Waals surface area contributed by atoms with Gasteiger partial charge in [-0.2, -0.15) is 0 Å². The highest BCUT2D eigenvalue weighted by molar-refractivity contribution is 6.74. The summed E-state index contributed by atoms with van der Waals surface area (Å²) in [5.74, 6) is -0.174. The molecule has 0 aromatic heterocycles. The van der Waals surface area contributed by atoms with Crippen molar-refractivity contribution in [2.45, 2.75) is 64.6 Å². The number of rotatable bonds is 6. The molecule has 0 aromatic rings. The number of piperidine rings is 1. The van der Waals surface area contributed by atoms with Crippen LogP contribution >= 0.6 is 0 Å². The summed E-state index contributed by atoms with van der Waals surface area (Å²) < 4.78 is 6.20. The third-order valence-electron chi connectivity index (χ3n) is 5.10. The third kappa shape index (κ3) is 4.17. The normalized spacial score (nSPS) is 24.3. The van der Waals surface area contributed by atoms with Crippen molar-refractivity contribution >= 4 is 14.2 Å². The highest BCUT2D eigenvalue weighted by atomic mass is 28.4. The van der Waals surface area contributed by atoms with Gasteiger partial charge in [0.15, 0.2) is 8.32 Å². The maximum Gasteiger partial charge on any atom is 0.252 e. The smallest absolute Gasteiger partial charge is 0.252 e. The van der Waals surface area contributed by atoms with Crippen LogP contribution in [0.15, 0.2) is 12.7 Å². The maximum atomic E-state index is 12.4. The zero-order valence-corrected chi connectivity index (χ0v) is 15.2. The fraction of sp³-hybridized carbons (Fsp3) is 0.812. The van der Waals surface area contributed by atoms with E-state index in [4.69, 9.17) is 4.43 Å². The van der Waals surface area contributed by atoms with E-state index in [9.17, 15) is 10.0 Å². The Bertz CT molecular complexity index is 389. The van der Waals surface area contributed by atoms with Gasteiger partial charge in [-0.15, -0.1) is 6.58 Å². The summed E-state index contributed by atoms with van der Waals surface area (Å²) in [6.07, 6.45) is 4.67. The lowest BCUT2D eigenvalue weighted by Crippen LogP contribution is -2.48. The minimum Gasteiger partial charge on any atom is -0.417 e. The molecule has 0 bridgehead atoms. The first-order chi connectivity index (χ1) is 9.56. The molecule has 1 heterocycles. The number of nitrogens with zero attached hydrogens (tertiary/aromatic N) is 1. The monoisotopic (exact) mass is 313 g/mol. The van der Waals surface area contributed by atoms with Crippen LogP contribution in [-0.2, 0) is 9.22 Å². The SMILES string of the molecule is C=CCC1(CCO[Si](C)(C)C(C)(C)C)CCCN(O)C1=O. The van der Waals surface area contributed by atoms with Crippen LogP contribution in [0.5, 0.6) is 0 Å².